The maximum atomic E-state index is 11.9. The summed E-state index contributed by atoms with van der Waals surface area (Å²) in [6.45, 7) is 8.32. The molecule has 0 spiro atoms. The lowest BCUT2D eigenvalue weighted by Crippen LogP contribution is -2.49. The Kier molecular flexibility index (Phi) is 3.74. The number of hydrazine groups is 1. The molecule has 0 aromatic carbocycles. The number of rotatable bonds is 3. The second-order valence-electron chi connectivity index (χ2n) is 4.51. The largest absolute Gasteiger partial charge is 0.340 e. The first-order valence-corrected chi connectivity index (χ1v) is 5.49. The second-order valence-corrected chi connectivity index (χ2v) is 4.51. The number of amides is 2. The molecular formula is C10H21N5O. The van der Waals surface area contributed by atoms with Crippen molar-refractivity contribution in [3.8, 4) is 0 Å². The number of carbonyl (C=O) groups is 1. The van der Waals surface area contributed by atoms with Crippen LogP contribution in [0.1, 0.15) is 34.1 Å². The number of nitrogens with zero attached hydrogens (tertiary/aromatic N) is 3. The van der Waals surface area contributed by atoms with Crippen LogP contribution in [0.3, 0.4) is 0 Å². The van der Waals surface area contributed by atoms with Crippen LogP contribution in [0.15, 0.2) is 5.10 Å². The zero-order valence-electron chi connectivity index (χ0n) is 10.7. The number of amidine groups is 1. The third-order valence-corrected chi connectivity index (χ3v) is 2.76. The zero-order chi connectivity index (χ0) is 12.3. The molecule has 1 aliphatic rings. The topological polar surface area (TPSA) is 60.0 Å². The maximum absolute atomic E-state index is 11.9. The number of hydrogen-bond acceptors (Lipinski definition) is 4. The van der Waals surface area contributed by atoms with Gasteiger partial charge in [0.1, 0.15) is 12.5 Å². The Balaban J connectivity index is 2.58. The Morgan fingerprint density at radius 2 is 2.19 bits per heavy atom. The molecule has 0 aromatic heterocycles. The highest BCUT2D eigenvalue weighted by Gasteiger charge is 2.27. The zero-order valence-corrected chi connectivity index (χ0v) is 10.7. The molecule has 0 radical (unpaired) electrons. The first-order chi connectivity index (χ1) is 7.39. The summed E-state index contributed by atoms with van der Waals surface area (Å²) >= 11 is 0. The average molecular weight is 227 g/mol. The minimum absolute atomic E-state index is 0.163. The Labute approximate surface area is 96.6 Å². The molecule has 1 rings (SSSR count). The van der Waals surface area contributed by atoms with E-state index in [2.05, 4.69) is 15.8 Å². The predicted octanol–water partition coefficient (Wildman–Crippen LogP) is 0.927. The van der Waals surface area contributed by atoms with E-state index in [4.69, 9.17) is 0 Å². The van der Waals surface area contributed by atoms with Crippen LogP contribution < -0.4 is 10.7 Å². The molecule has 0 atom stereocenters. The fourth-order valence-electron chi connectivity index (χ4n) is 1.28. The molecule has 0 aromatic rings. The normalized spacial score (nSPS) is 16.4. The van der Waals surface area contributed by atoms with Crippen molar-refractivity contribution < 1.29 is 4.79 Å². The summed E-state index contributed by atoms with van der Waals surface area (Å²) in [5.74, 6) is 0.784. The highest BCUT2D eigenvalue weighted by atomic mass is 16.2. The summed E-state index contributed by atoms with van der Waals surface area (Å²) in [4.78, 5) is 11.9. The molecule has 0 saturated carbocycles. The second kappa shape index (κ2) is 4.69. The van der Waals surface area contributed by atoms with Crippen LogP contribution in [-0.2, 0) is 0 Å². The van der Waals surface area contributed by atoms with Crippen molar-refractivity contribution in [3.63, 3.8) is 0 Å². The Morgan fingerprint density at radius 1 is 1.56 bits per heavy atom. The van der Waals surface area contributed by atoms with Gasteiger partial charge in [0.25, 0.3) is 0 Å². The number of hydrazone groups is 1. The fourth-order valence-corrected chi connectivity index (χ4v) is 1.28. The summed E-state index contributed by atoms with van der Waals surface area (Å²) < 4.78 is 0. The van der Waals surface area contributed by atoms with Gasteiger partial charge in [-0.2, -0.15) is 10.1 Å². The van der Waals surface area contributed by atoms with E-state index in [1.54, 1.807) is 12.1 Å². The third-order valence-electron chi connectivity index (χ3n) is 2.76. The van der Waals surface area contributed by atoms with Crippen molar-refractivity contribution in [3.05, 3.63) is 0 Å². The molecule has 16 heavy (non-hydrogen) atoms. The van der Waals surface area contributed by atoms with E-state index in [1.807, 2.05) is 27.7 Å². The lowest BCUT2D eigenvalue weighted by molar-refractivity contribution is 0.170. The molecule has 0 saturated heterocycles. The molecule has 1 heterocycles. The Morgan fingerprint density at radius 3 is 2.62 bits per heavy atom. The summed E-state index contributed by atoms with van der Waals surface area (Å²) in [6, 6.07) is -0.163. The molecule has 0 fully saturated rings. The quantitative estimate of drug-likeness (QED) is 0.754. The molecule has 0 bridgehead atoms. The van der Waals surface area contributed by atoms with Crippen molar-refractivity contribution in [2.24, 2.45) is 5.10 Å². The van der Waals surface area contributed by atoms with Crippen LogP contribution >= 0.6 is 0 Å². The molecule has 6 heteroatoms. The van der Waals surface area contributed by atoms with Crippen LogP contribution in [0, 0.1) is 0 Å². The third kappa shape index (κ3) is 2.85. The van der Waals surface area contributed by atoms with Crippen molar-refractivity contribution in [2.45, 2.75) is 39.7 Å². The van der Waals surface area contributed by atoms with Gasteiger partial charge < -0.3 is 5.32 Å². The molecule has 2 N–H and O–H groups in total. The molecule has 0 aliphatic carbocycles. The highest BCUT2D eigenvalue weighted by Crippen LogP contribution is 2.10. The van der Waals surface area contributed by atoms with Gasteiger partial charge in [0.2, 0.25) is 0 Å². The summed E-state index contributed by atoms with van der Waals surface area (Å²) in [5, 5.41) is 10.3. The lowest BCUT2D eigenvalue weighted by atomic mass is 10.0. The minimum Gasteiger partial charge on any atom is -0.332 e. The van der Waals surface area contributed by atoms with E-state index >= 15 is 0 Å². The summed E-state index contributed by atoms with van der Waals surface area (Å²) in [7, 11) is 1.80. The van der Waals surface area contributed by atoms with Gasteiger partial charge in [-0.15, -0.1) is 0 Å². The first kappa shape index (κ1) is 12.8. The Hall–Kier alpha value is -1.30. The maximum Gasteiger partial charge on any atom is 0.340 e. The fraction of sp³-hybridized carbons (Fsp3) is 0.800. The van der Waals surface area contributed by atoms with Crippen molar-refractivity contribution in [1.82, 2.24) is 20.8 Å². The number of carbonyl (C=O) groups excluding carboxylic acids is 1. The minimum atomic E-state index is -0.201. The van der Waals surface area contributed by atoms with Gasteiger partial charge in [-0.1, -0.05) is 6.92 Å². The van der Waals surface area contributed by atoms with Crippen LogP contribution in [0.2, 0.25) is 0 Å². The molecular weight excluding hydrogens is 206 g/mol. The van der Waals surface area contributed by atoms with Crippen LogP contribution in [0.4, 0.5) is 4.79 Å². The Bertz CT molecular complexity index is 300. The number of hydrogen-bond donors (Lipinski definition) is 2. The van der Waals surface area contributed by atoms with Crippen LogP contribution in [0.25, 0.3) is 0 Å². The highest BCUT2D eigenvalue weighted by molar-refractivity contribution is 5.84. The van der Waals surface area contributed by atoms with Crippen molar-refractivity contribution >= 4 is 11.9 Å². The van der Waals surface area contributed by atoms with Crippen LogP contribution in [-0.4, -0.2) is 41.1 Å². The summed E-state index contributed by atoms with van der Waals surface area (Å²) in [5.41, 5.74) is 2.76. The van der Waals surface area contributed by atoms with Crippen LogP contribution in [0.5, 0.6) is 0 Å². The molecule has 0 unspecified atom stereocenters. The molecule has 1 aliphatic heterocycles. The van der Waals surface area contributed by atoms with E-state index in [0.29, 0.717) is 6.67 Å². The average Bonchev–Trinajstić information content (AvgIpc) is 2.59. The van der Waals surface area contributed by atoms with E-state index in [0.717, 1.165) is 12.3 Å². The van der Waals surface area contributed by atoms with E-state index in [9.17, 15) is 4.79 Å². The SMILES string of the molecule is CCC(C)(C)NC(=O)N1CN(NC)C(C)=N1. The molecule has 2 amide bonds. The van der Waals surface area contributed by atoms with Gasteiger partial charge >= 0.3 is 6.03 Å². The monoisotopic (exact) mass is 227 g/mol. The lowest BCUT2D eigenvalue weighted by Gasteiger charge is -2.26. The molecule has 92 valence electrons. The number of urea groups is 1. The first-order valence-electron chi connectivity index (χ1n) is 5.49. The molecule has 6 nitrogen and oxygen atoms in total. The standard InChI is InChI=1S/C10H21N5O/c1-6-10(3,4)12-9(16)15-7-14(11-5)8(2)13-15/h11H,6-7H2,1-5H3,(H,12,16). The van der Waals surface area contributed by atoms with E-state index < -0.39 is 0 Å². The van der Waals surface area contributed by atoms with Gasteiger partial charge in [-0.3, -0.25) is 5.01 Å². The number of nitrogens with one attached hydrogen (secondary N) is 2. The van der Waals surface area contributed by atoms with Crippen molar-refractivity contribution in [2.75, 3.05) is 13.7 Å². The van der Waals surface area contributed by atoms with E-state index in [-0.39, 0.29) is 11.6 Å². The smallest absolute Gasteiger partial charge is 0.332 e. The van der Waals surface area contributed by atoms with Crippen molar-refractivity contribution in [1.29, 1.82) is 0 Å². The predicted molar refractivity (Wildman–Crippen MR) is 63.6 cm³/mol. The van der Waals surface area contributed by atoms with Gasteiger partial charge in [0, 0.05) is 12.6 Å². The van der Waals surface area contributed by atoms with Gasteiger partial charge in [-0.25, -0.2) is 10.2 Å². The van der Waals surface area contributed by atoms with E-state index in [1.165, 1.54) is 5.01 Å². The van der Waals surface area contributed by atoms with Gasteiger partial charge in [-0.05, 0) is 27.2 Å². The summed E-state index contributed by atoms with van der Waals surface area (Å²) in [6.07, 6.45) is 0.880. The van der Waals surface area contributed by atoms with Gasteiger partial charge in [0.05, 0.1) is 0 Å². The van der Waals surface area contributed by atoms with Gasteiger partial charge in [0.15, 0.2) is 0 Å².